The molecule has 0 aromatic rings. The molecule has 2 heteroatoms. The van der Waals surface area contributed by atoms with Crippen LogP contribution >= 0.6 is 0 Å². The zero-order chi connectivity index (χ0) is 8.36. The van der Waals surface area contributed by atoms with Gasteiger partial charge in [0.05, 0.1) is 0 Å². The van der Waals surface area contributed by atoms with E-state index in [9.17, 15) is 0 Å². The molecule has 0 aliphatic heterocycles. The minimum atomic E-state index is 1.27. The third-order valence-corrected chi connectivity index (χ3v) is 1.37. The van der Waals surface area contributed by atoms with E-state index in [4.69, 9.17) is 0 Å². The summed E-state index contributed by atoms with van der Waals surface area (Å²) in [6, 6.07) is 0. The minimum absolute atomic E-state index is 1.27. The summed E-state index contributed by atoms with van der Waals surface area (Å²) in [6.07, 6.45) is 14.0. The second kappa shape index (κ2) is 10.1. The fourth-order valence-electron chi connectivity index (χ4n) is 0.874. The molecule has 11 heavy (non-hydrogen) atoms. The summed E-state index contributed by atoms with van der Waals surface area (Å²) in [5.74, 6) is 0. The van der Waals surface area contributed by atoms with Crippen LogP contribution in [0.15, 0.2) is 24.3 Å². The maximum absolute atomic E-state index is 4.14. The molecule has 0 amide bonds. The van der Waals surface area contributed by atoms with Gasteiger partial charge in [0.25, 0.3) is 0 Å². The van der Waals surface area contributed by atoms with Crippen molar-refractivity contribution in [3.8, 4) is 0 Å². The van der Waals surface area contributed by atoms with Crippen molar-refractivity contribution in [2.24, 2.45) is 0 Å². The third-order valence-electron chi connectivity index (χ3n) is 1.37. The second-order valence-electron chi connectivity index (χ2n) is 2.28. The van der Waals surface area contributed by atoms with Crippen LogP contribution in [0.4, 0.5) is 0 Å². The van der Waals surface area contributed by atoms with Crippen LogP contribution in [0.25, 0.3) is 0 Å². The van der Waals surface area contributed by atoms with Gasteiger partial charge in [-0.1, -0.05) is 24.3 Å². The third kappa shape index (κ3) is 10.1. The topological polar surface area (TPSA) is 9.23 Å². The van der Waals surface area contributed by atoms with Crippen molar-refractivity contribution in [3.05, 3.63) is 24.3 Å². The van der Waals surface area contributed by atoms with Crippen molar-refractivity contribution in [2.45, 2.75) is 25.7 Å². The fraction of sp³-hybridized carbons (Fsp3) is 0.556. The molecule has 1 aliphatic carbocycles. The Bertz CT molecular complexity index is 105. The van der Waals surface area contributed by atoms with Crippen LogP contribution in [0, 0.1) is 0 Å². The van der Waals surface area contributed by atoms with Gasteiger partial charge in [-0.05, 0) is 25.7 Å². The van der Waals surface area contributed by atoms with Crippen LogP contribution in [0.5, 0.6) is 0 Å². The molecular formula is C9H15ORh. The number of hydrogen-bond acceptors (Lipinski definition) is 1. The summed E-state index contributed by atoms with van der Waals surface area (Å²) >= 11 is 2.22. The van der Waals surface area contributed by atoms with E-state index >= 15 is 0 Å². The molecule has 0 N–H and O–H groups in total. The number of rotatable bonds is 0. The Morgan fingerprint density at radius 2 is 1.45 bits per heavy atom. The molecule has 0 unspecified atom stereocenters. The summed E-state index contributed by atoms with van der Waals surface area (Å²) in [7, 11) is 1.58. The van der Waals surface area contributed by atoms with E-state index in [1.54, 1.807) is 7.11 Å². The normalized spacial score (nSPS) is 22.1. The number of hydrogen-bond donors (Lipinski definition) is 0. The summed E-state index contributed by atoms with van der Waals surface area (Å²) in [5.41, 5.74) is 0. The Morgan fingerprint density at radius 3 is 1.82 bits per heavy atom. The molecule has 1 rings (SSSR count). The maximum atomic E-state index is 4.14. The van der Waals surface area contributed by atoms with E-state index in [2.05, 4.69) is 46.5 Å². The first-order valence-electron chi connectivity index (χ1n) is 3.86. The average molecular weight is 242 g/mol. The summed E-state index contributed by atoms with van der Waals surface area (Å²) < 4.78 is 4.14. The van der Waals surface area contributed by atoms with Gasteiger partial charge in [-0.3, -0.25) is 0 Å². The van der Waals surface area contributed by atoms with Crippen molar-refractivity contribution in [3.63, 3.8) is 0 Å². The molecule has 0 bridgehead atoms. The first-order valence-corrected chi connectivity index (χ1v) is 4.53. The van der Waals surface area contributed by atoms with Gasteiger partial charge in [-0.2, -0.15) is 0 Å². The Hall–Kier alpha value is 0.0634. The zero-order valence-electron chi connectivity index (χ0n) is 6.88. The van der Waals surface area contributed by atoms with Crippen molar-refractivity contribution in [1.82, 2.24) is 0 Å². The van der Waals surface area contributed by atoms with Crippen molar-refractivity contribution >= 4 is 0 Å². The van der Waals surface area contributed by atoms with Crippen LogP contribution < -0.4 is 0 Å². The number of allylic oxidation sites excluding steroid dienone is 4. The molecule has 0 fully saturated rings. The Kier molecular flexibility index (Phi) is 10.1. The van der Waals surface area contributed by atoms with Crippen molar-refractivity contribution in [2.75, 3.05) is 7.11 Å². The van der Waals surface area contributed by atoms with Gasteiger partial charge in [0, 0.05) is 0 Å². The van der Waals surface area contributed by atoms with Gasteiger partial charge in [-0.25, -0.2) is 0 Å². The Balaban J connectivity index is 0.000000292. The first kappa shape index (κ1) is 11.1. The van der Waals surface area contributed by atoms with Gasteiger partial charge in [0.15, 0.2) is 0 Å². The second-order valence-corrected chi connectivity index (χ2v) is 2.95. The van der Waals surface area contributed by atoms with Gasteiger partial charge < -0.3 is 0 Å². The summed E-state index contributed by atoms with van der Waals surface area (Å²) in [4.78, 5) is 0. The fourth-order valence-corrected chi connectivity index (χ4v) is 0.874. The monoisotopic (exact) mass is 242 g/mol. The van der Waals surface area contributed by atoms with E-state index < -0.39 is 0 Å². The molecule has 0 aromatic heterocycles. The van der Waals surface area contributed by atoms with Crippen molar-refractivity contribution in [1.29, 1.82) is 0 Å². The van der Waals surface area contributed by atoms with Gasteiger partial charge in [0.1, 0.15) is 0 Å². The predicted molar refractivity (Wildman–Crippen MR) is 43.8 cm³/mol. The van der Waals surface area contributed by atoms with E-state index in [1.807, 2.05) is 0 Å². The zero-order valence-corrected chi connectivity index (χ0v) is 8.52. The standard InChI is InChI=1S/C8H12.CH3O.Rh/c1-2-4-6-8-7-5-3-1;1-2;/h1-4H,5-8H2;1H3;/q;-1;+1/b3-1-,4-2-;;. The van der Waals surface area contributed by atoms with E-state index in [0.717, 1.165) is 0 Å². The first-order chi connectivity index (χ1) is 5.41. The molecular weight excluding hydrogens is 227 g/mol. The molecule has 0 atom stereocenters. The molecule has 0 saturated heterocycles. The Morgan fingerprint density at radius 1 is 1.09 bits per heavy atom. The summed E-state index contributed by atoms with van der Waals surface area (Å²) in [5, 5.41) is 0. The van der Waals surface area contributed by atoms with E-state index in [-0.39, 0.29) is 0 Å². The van der Waals surface area contributed by atoms with Gasteiger partial charge >= 0.3 is 29.3 Å². The molecule has 1 nitrogen and oxygen atoms in total. The van der Waals surface area contributed by atoms with Crippen LogP contribution in [-0.4, -0.2) is 7.11 Å². The van der Waals surface area contributed by atoms with Crippen LogP contribution in [0.3, 0.4) is 0 Å². The Labute approximate surface area is 79.6 Å². The molecule has 0 spiro atoms. The van der Waals surface area contributed by atoms with Crippen LogP contribution in [0.2, 0.25) is 0 Å². The SMILES string of the molecule is C1=C\CCCC\C=C/1.C[O][Rh]. The van der Waals surface area contributed by atoms with Gasteiger partial charge in [-0.15, -0.1) is 0 Å². The van der Waals surface area contributed by atoms with Crippen molar-refractivity contribution < 1.29 is 22.2 Å². The molecule has 0 radical (unpaired) electrons. The quantitative estimate of drug-likeness (QED) is 0.593. The van der Waals surface area contributed by atoms with E-state index in [0.29, 0.717) is 0 Å². The molecule has 0 aromatic carbocycles. The van der Waals surface area contributed by atoms with Gasteiger partial charge in [0.2, 0.25) is 0 Å². The summed E-state index contributed by atoms with van der Waals surface area (Å²) in [6.45, 7) is 0. The van der Waals surface area contributed by atoms with Crippen LogP contribution in [-0.2, 0) is 22.2 Å². The predicted octanol–water partition coefficient (Wildman–Crippen LogP) is 2.77. The average Bonchev–Trinajstić information content (AvgIpc) is 1.86. The molecule has 1 aliphatic rings. The molecule has 0 heterocycles. The van der Waals surface area contributed by atoms with Crippen LogP contribution in [0.1, 0.15) is 25.7 Å². The molecule has 0 saturated carbocycles. The molecule has 66 valence electrons. The van der Waals surface area contributed by atoms with E-state index in [1.165, 1.54) is 25.7 Å².